The lowest BCUT2D eigenvalue weighted by Gasteiger charge is -1.92. The minimum Gasteiger partial charge on any atom is -0.268 e. The Morgan fingerprint density at radius 3 is 2.80 bits per heavy atom. The van der Waals surface area contributed by atoms with Crippen LogP contribution < -0.4 is 5.56 Å². The third-order valence-corrected chi connectivity index (χ3v) is 1.95. The van der Waals surface area contributed by atoms with Crippen LogP contribution in [0.15, 0.2) is 16.2 Å². The van der Waals surface area contributed by atoms with Crippen molar-refractivity contribution in [1.29, 1.82) is 0 Å². The van der Waals surface area contributed by atoms with Gasteiger partial charge in [-0.1, -0.05) is 18.5 Å². The molecule has 0 amide bonds. The maximum atomic E-state index is 10.8. The van der Waals surface area contributed by atoms with Gasteiger partial charge in [0.25, 0.3) is 5.56 Å². The minimum atomic E-state index is 0. The fraction of sp³-hybridized carbons (Fsp3) is 0.500. The molecule has 0 radical (unpaired) electrons. The van der Waals surface area contributed by atoms with Crippen LogP contribution in [0.2, 0.25) is 0 Å². The monoisotopic (exact) mass is 179 g/mol. The fourth-order valence-electron chi connectivity index (χ4n) is 0.663. The highest BCUT2D eigenvalue weighted by Crippen LogP contribution is 1.93. The molecular formula is C6H10ClNOS. The molecule has 0 aliphatic heterocycles. The second-order valence-electron chi connectivity index (χ2n) is 1.85. The van der Waals surface area contributed by atoms with Gasteiger partial charge in [-0.3, -0.25) is 8.75 Å². The van der Waals surface area contributed by atoms with Crippen molar-refractivity contribution in [1.82, 2.24) is 3.96 Å². The summed E-state index contributed by atoms with van der Waals surface area (Å²) < 4.78 is 1.75. The number of halogens is 1. The maximum Gasteiger partial charge on any atom is 0.260 e. The van der Waals surface area contributed by atoms with Crippen molar-refractivity contribution in [2.24, 2.45) is 0 Å². The number of aromatic nitrogens is 1. The van der Waals surface area contributed by atoms with Crippen LogP contribution in [0, 0.1) is 0 Å². The first-order valence-corrected chi connectivity index (χ1v) is 3.83. The minimum absolute atomic E-state index is 0. The third-order valence-electron chi connectivity index (χ3n) is 1.07. The quantitative estimate of drug-likeness (QED) is 0.678. The zero-order valence-electron chi connectivity index (χ0n) is 5.74. The molecule has 0 saturated heterocycles. The van der Waals surface area contributed by atoms with E-state index < -0.39 is 0 Å². The lowest BCUT2D eigenvalue weighted by atomic mass is 10.5. The zero-order chi connectivity index (χ0) is 6.69. The molecule has 0 fully saturated rings. The first-order chi connectivity index (χ1) is 4.34. The average Bonchev–Trinajstić information content (AvgIpc) is 2.18. The molecule has 0 saturated carbocycles. The van der Waals surface area contributed by atoms with E-state index in [4.69, 9.17) is 0 Å². The molecule has 2 nitrogen and oxygen atoms in total. The standard InChI is InChI=1S/C6H9NOS.ClH/c1-2-4-7-6(8)3-5-9-7;/h3,5H,2,4H2,1H3;1H. The van der Waals surface area contributed by atoms with Crippen LogP contribution in [0.4, 0.5) is 0 Å². The highest BCUT2D eigenvalue weighted by atomic mass is 35.5. The van der Waals surface area contributed by atoms with E-state index in [2.05, 4.69) is 6.92 Å². The van der Waals surface area contributed by atoms with Gasteiger partial charge < -0.3 is 0 Å². The van der Waals surface area contributed by atoms with Gasteiger partial charge in [0, 0.05) is 18.0 Å². The van der Waals surface area contributed by atoms with Gasteiger partial charge in [0.1, 0.15) is 0 Å². The summed E-state index contributed by atoms with van der Waals surface area (Å²) in [6, 6.07) is 1.60. The van der Waals surface area contributed by atoms with E-state index in [1.165, 1.54) is 11.5 Å². The third kappa shape index (κ3) is 2.15. The van der Waals surface area contributed by atoms with Crippen LogP contribution in [0.25, 0.3) is 0 Å². The highest BCUT2D eigenvalue weighted by Gasteiger charge is 1.91. The van der Waals surface area contributed by atoms with E-state index >= 15 is 0 Å². The van der Waals surface area contributed by atoms with Gasteiger partial charge in [0.15, 0.2) is 0 Å². The molecule has 1 aromatic heterocycles. The Kier molecular flexibility index (Phi) is 4.40. The fourth-order valence-corrected chi connectivity index (χ4v) is 1.44. The number of rotatable bonds is 2. The summed E-state index contributed by atoms with van der Waals surface area (Å²) in [5.41, 5.74) is 0.127. The van der Waals surface area contributed by atoms with Crippen LogP contribution in [0.5, 0.6) is 0 Å². The van der Waals surface area contributed by atoms with Gasteiger partial charge in [-0.05, 0) is 6.42 Å². The molecule has 1 rings (SSSR count). The summed E-state index contributed by atoms with van der Waals surface area (Å²) in [4.78, 5) is 10.8. The number of hydrogen-bond donors (Lipinski definition) is 0. The predicted molar refractivity (Wildman–Crippen MR) is 46.1 cm³/mol. The van der Waals surface area contributed by atoms with Gasteiger partial charge in [-0.2, -0.15) is 0 Å². The average molecular weight is 180 g/mol. The normalized spacial score (nSPS) is 8.90. The molecule has 0 aliphatic carbocycles. The molecule has 0 atom stereocenters. The van der Waals surface area contributed by atoms with E-state index in [0.29, 0.717) is 0 Å². The van der Waals surface area contributed by atoms with Gasteiger partial charge in [-0.15, -0.1) is 12.4 Å². The summed E-state index contributed by atoms with van der Waals surface area (Å²) in [5, 5.41) is 1.82. The van der Waals surface area contributed by atoms with Crippen molar-refractivity contribution in [3.8, 4) is 0 Å². The predicted octanol–water partition coefficient (Wildman–Crippen LogP) is 1.74. The molecule has 4 heteroatoms. The summed E-state index contributed by atoms with van der Waals surface area (Å²) in [5.74, 6) is 0. The van der Waals surface area contributed by atoms with Crippen LogP contribution in [0.1, 0.15) is 13.3 Å². The van der Waals surface area contributed by atoms with Crippen molar-refractivity contribution in [2.45, 2.75) is 19.9 Å². The van der Waals surface area contributed by atoms with Gasteiger partial charge in [0.05, 0.1) is 0 Å². The molecule has 0 N–H and O–H groups in total. The molecule has 1 heterocycles. The van der Waals surface area contributed by atoms with E-state index in [-0.39, 0.29) is 18.0 Å². The first kappa shape index (κ1) is 9.72. The Hall–Kier alpha value is -0.280. The lowest BCUT2D eigenvalue weighted by Crippen LogP contribution is -2.10. The molecule has 0 aromatic carbocycles. The Bertz CT molecular complexity index is 230. The lowest BCUT2D eigenvalue weighted by molar-refractivity contribution is 0.714. The van der Waals surface area contributed by atoms with Crippen LogP contribution >= 0.6 is 23.9 Å². The summed E-state index contributed by atoms with van der Waals surface area (Å²) in [6.45, 7) is 2.92. The summed E-state index contributed by atoms with van der Waals surface area (Å²) >= 11 is 1.48. The molecule has 1 aromatic rings. The molecule has 0 bridgehead atoms. The molecule has 58 valence electrons. The van der Waals surface area contributed by atoms with Crippen LogP contribution in [-0.2, 0) is 6.54 Å². The summed E-state index contributed by atoms with van der Waals surface area (Å²) in [7, 11) is 0. The van der Waals surface area contributed by atoms with Crippen molar-refractivity contribution in [2.75, 3.05) is 0 Å². The van der Waals surface area contributed by atoms with Crippen molar-refractivity contribution in [3.05, 3.63) is 21.8 Å². The molecule has 0 aliphatic rings. The Labute approximate surface area is 70.1 Å². The van der Waals surface area contributed by atoms with Crippen LogP contribution in [-0.4, -0.2) is 3.96 Å². The van der Waals surface area contributed by atoms with Crippen molar-refractivity contribution < 1.29 is 0 Å². The van der Waals surface area contributed by atoms with Gasteiger partial charge in [-0.25, -0.2) is 0 Å². The smallest absolute Gasteiger partial charge is 0.260 e. The Balaban J connectivity index is 0.000000810. The van der Waals surface area contributed by atoms with E-state index in [0.717, 1.165) is 13.0 Å². The van der Waals surface area contributed by atoms with E-state index in [1.54, 1.807) is 10.0 Å². The molecule has 0 spiro atoms. The molecule has 10 heavy (non-hydrogen) atoms. The second-order valence-corrected chi connectivity index (χ2v) is 2.77. The van der Waals surface area contributed by atoms with E-state index in [9.17, 15) is 4.79 Å². The number of nitrogens with zero attached hydrogens (tertiary/aromatic N) is 1. The number of hydrogen-bond acceptors (Lipinski definition) is 2. The Morgan fingerprint density at radius 2 is 2.40 bits per heavy atom. The van der Waals surface area contributed by atoms with Gasteiger partial charge in [0.2, 0.25) is 0 Å². The Morgan fingerprint density at radius 1 is 1.70 bits per heavy atom. The summed E-state index contributed by atoms with van der Waals surface area (Å²) in [6.07, 6.45) is 1.03. The highest BCUT2D eigenvalue weighted by molar-refractivity contribution is 7.04. The molecular weight excluding hydrogens is 170 g/mol. The van der Waals surface area contributed by atoms with Crippen molar-refractivity contribution >= 4 is 23.9 Å². The zero-order valence-corrected chi connectivity index (χ0v) is 7.37. The topological polar surface area (TPSA) is 22.0 Å². The largest absolute Gasteiger partial charge is 0.268 e. The SMILES string of the molecule is CCCn1sccc1=O.Cl. The van der Waals surface area contributed by atoms with E-state index in [1.807, 2.05) is 5.38 Å². The van der Waals surface area contributed by atoms with Gasteiger partial charge >= 0.3 is 0 Å². The van der Waals surface area contributed by atoms with Crippen LogP contribution in [0.3, 0.4) is 0 Å². The molecule has 0 unspecified atom stereocenters. The first-order valence-electron chi connectivity index (χ1n) is 2.99. The van der Waals surface area contributed by atoms with Crippen molar-refractivity contribution in [3.63, 3.8) is 0 Å². The second kappa shape index (κ2) is 4.52. The number of aryl methyl sites for hydroxylation is 1. The maximum absolute atomic E-state index is 10.8.